The molecule has 7 nitrogen and oxygen atoms in total. The van der Waals surface area contributed by atoms with Crippen LogP contribution in [0.5, 0.6) is 0 Å². The molecule has 6 rings (SSSR count). The lowest BCUT2D eigenvalue weighted by Gasteiger charge is -2.59. The largest absolute Gasteiger partial charge is 0.386 e. The second-order valence-corrected chi connectivity index (χ2v) is 12.8. The highest BCUT2D eigenvalue weighted by molar-refractivity contribution is 7.92. The third-order valence-corrected chi connectivity index (χ3v) is 10.6. The molecule has 218 valence electrons. The number of nitrogens with zero attached hydrogens (tertiary/aromatic N) is 1. The Bertz CT molecular complexity index is 1630. The highest BCUT2D eigenvalue weighted by Crippen LogP contribution is 2.60. The van der Waals surface area contributed by atoms with Crippen molar-refractivity contribution in [1.82, 2.24) is 4.98 Å². The molecule has 14 heteroatoms. The number of sulfone groups is 1. The topological polar surface area (TPSA) is 117 Å². The van der Waals surface area contributed by atoms with Crippen LogP contribution < -0.4 is 5.32 Å². The molecule has 3 fully saturated rings. The van der Waals surface area contributed by atoms with E-state index in [9.17, 15) is 45.4 Å². The van der Waals surface area contributed by atoms with E-state index in [0.29, 0.717) is 6.42 Å². The van der Waals surface area contributed by atoms with Crippen LogP contribution in [0.2, 0.25) is 5.02 Å². The number of carbonyl (C=O) groups is 1. The van der Waals surface area contributed by atoms with Gasteiger partial charge < -0.3 is 15.5 Å². The van der Waals surface area contributed by atoms with Crippen molar-refractivity contribution in [2.75, 3.05) is 5.32 Å². The molecule has 0 radical (unpaired) electrons. The van der Waals surface area contributed by atoms with Gasteiger partial charge in [0, 0.05) is 17.3 Å². The SMILES string of the molecule is O=C(Nc1ccc(F)c(F)c1)c1ccc(Cl)c(S(=O)(=O)C2CC3CC(C2)C3(O)C(O)c2nc(C(F)F)ccc2F)c1. The van der Waals surface area contributed by atoms with Gasteiger partial charge in [0.2, 0.25) is 0 Å². The van der Waals surface area contributed by atoms with Crippen LogP contribution in [0, 0.1) is 29.3 Å². The van der Waals surface area contributed by atoms with Crippen molar-refractivity contribution in [2.24, 2.45) is 11.8 Å². The van der Waals surface area contributed by atoms with Gasteiger partial charge in [-0.15, -0.1) is 0 Å². The number of halogens is 6. The Hall–Kier alpha value is -3.13. The average molecular weight is 617 g/mol. The van der Waals surface area contributed by atoms with Crippen LogP contribution in [-0.2, 0) is 9.84 Å². The van der Waals surface area contributed by atoms with Crippen molar-refractivity contribution in [1.29, 1.82) is 0 Å². The smallest absolute Gasteiger partial charge is 0.280 e. The molecule has 3 aromatic rings. The zero-order chi connectivity index (χ0) is 29.9. The first-order chi connectivity index (χ1) is 19.2. The lowest BCUT2D eigenvalue weighted by atomic mass is 9.51. The molecule has 3 N–H and O–H groups in total. The highest BCUT2D eigenvalue weighted by Gasteiger charge is 2.64. The number of nitrogens with one attached hydrogen (secondary N) is 1. The van der Waals surface area contributed by atoms with E-state index in [4.69, 9.17) is 11.6 Å². The molecule has 2 aromatic carbocycles. The summed E-state index contributed by atoms with van der Waals surface area (Å²) >= 11 is 6.19. The average Bonchev–Trinajstić information content (AvgIpc) is 2.94. The van der Waals surface area contributed by atoms with E-state index in [1.807, 2.05) is 0 Å². The van der Waals surface area contributed by atoms with Gasteiger partial charge in [-0.3, -0.25) is 4.79 Å². The molecule has 3 aliphatic rings. The number of hydrogen-bond donors (Lipinski definition) is 3. The lowest BCUT2D eigenvalue weighted by Crippen LogP contribution is -2.64. The van der Waals surface area contributed by atoms with Gasteiger partial charge in [-0.2, -0.15) is 0 Å². The molecule has 3 unspecified atom stereocenters. The van der Waals surface area contributed by atoms with E-state index in [-0.39, 0.29) is 34.0 Å². The zero-order valence-corrected chi connectivity index (χ0v) is 22.4. The molecule has 1 heterocycles. The monoisotopic (exact) mass is 616 g/mol. The molecule has 1 aromatic heterocycles. The third-order valence-electron chi connectivity index (χ3n) is 7.90. The number of fused-ring (bicyclic) bond motifs is 2. The number of anilines is 1. The number of aliphatic hydroxyl groups is 2. The van der Waals surface area contributed by atoms with Crippen LogP contribution in [0.4, 0.5) is 27.6 Å². The summed E-state index contributed by atoms with van der Waals surface area (Å²) in [7, 11) is -4.21. The predicted molar refractivity (Wildman–Crippen MR) is 137 cm³/mol. The quantitative estimate of drug-likeness (QED) is 0.307. The Kier molecular flexibility index (Phi) is 7.60. The van der Waals surface area contributed by atoms with Gasteiger partial charge in [-0.1, -0.05) is 11.6 Å². The van der Waals surface area contributed by atoms with E-state index in [2.05, 4.69) is 10.3 Å². The van der Waals surface area contributed by atoms with Gasteiger partial charge in [-0.05, 0) is 73.6 Å². The molecule has 3 saturated carbocycles. The Labute approximate surface area is 235 Å². The van der Waals surface area contributed by atoms with Crippen molar-refractivity contribution in [2.45, 2.75) is 47.5 Å². The summed E-state index contributed by atoms with van der Waals surface area (Å²) in [4.78, 5) is 15.8. The van der Waals surface area contributed by atoms with Crippen LogP contribution in [0.3, 0.4) is 0 Å². The van der Waals surface area contributed by atoms with Crippen LogP contribution >= 0.6 is 11.6 Å². The molecule has 0 saturated heterocycles. The Morgan fingerprint density at radius 2 is 1.63 bits per heavy atom. The van der Waals surface area contributed by atoms with Gasteiger partial charge in [0.25, 0.3) is 12.3 Å². The van der Waals surface area contributed by atoms with Crippen LogP contribution in [0.25, 0.3) is 0 Å². The fourth-order valence-corrected chi connectivity index (χ4v) is 8.12. The summed E-state index contributed by atoms with van der Waals surface area (Å²) in [6.07, 6.45) is -5.03. The second-order valence-electron chi connectivity index (χ2n) is 10.2. The number of aliphatic hydroxyl groups excluding tert-OH is 1. The maximum atomic E-state index is 14.4. The predicted octanol–water partition coefficient (Wildman–Crippen LogP) is 5.38. The van der Waals surface area contributed by atoms with Gasteiger partial charge in [0.15, 0.2) is 21.5 Å². The number of carbonyl (C=O) groups excluding carboxylic acids is 1. The number of aromatic nitrogens is 1. The minimum atomic E-state index is -4.21. The molecule has 0 aliphatic heterocycles. The van der Waals surface area contributed by atoms with Crippen molar-refractivity contribution < 1.29 is 45.4 Å². The fourth-order valence-electron chi connectivity index (χ4n) is 5.72. The maximum absolute atomic E-state index is 14.4. The normalized spacial score (nSPS) is 24.6. The minimum absolute atomic E-state index is 0.0662. The lowest BCUT2D eigenvalue weighted by molar-refractivity contribution is -0.235. The standard InChI is InChI=1S/C27H22ClF5N2O5S/c28-17-3-1-12(26(37)34-15-2-4-18(29)20(31)11-15)7-22(17)41(39,40)16-9-13-8-14(10-16)27(13,38)24(36)23-19(30)5-6-21(35-23)25(32)33/h1-7,11,13-14,16,24-25,36,38H,8-10H2,(H,34,37). The van der Waals surface area contributed by atoms with Gasteiger partial charge in [0.1, 0.15) is 28.9 Å². The molecule has 0 spiro atoms. The zero-order valence-electron chi connectivity index (χ0n) is 20.9. The van der Waals surface area contributed by atoms with Gasteiger partial charge >= 0.3 is 0 Å². The van der Waals surface area contributed by atoms with E-state index in [1.165, 1.54) is 12.1 Å². The van der Waals surface area contributed by atoms with E-state index >= 15 is 0 Å². The first-order valence-electron chi connectivity index (χ1n) is 12.4. The number of pyridine rings is 1. The van der Waals surface area contributed by atoms with Gasteiger partial charge in [-0.25, -0.2) is 35.4 Å². The molecular weight excluding hydrogens is 595 g/mol. The minimum Gasteiger partial charge on any atom is -0.386 e. The summed E-state index contributed by atoms with van der Waals surface area (Å²) < 4.78 is 94.5. The molecule has 2 bridgehead atoms. The Morgan fingerprint density at radius 1 is 0.976 bits per heavy atom. The maximum Gasteiger partial charge on any atom is 0.280 e. The summed E-state index contributed by atoms with van der Waals surface area (Å²) in [6.45, 7) is 0. The summed E-state index contributed by atoms with van der Waals surface area (Å²) in [5.74, 6) is -5.86. The fraction of sp³-hybridized carbons (Fsp3) is 0.333. The molecule has 41 heavy (non-hydrogen) atoms. The van der Waals surface area contributed by atoms with Crippen molar-refractivity contribution >= 4 is 33.0 Å². The first kappa shape index (κ1) is 29.4. The molecular formula is C27H22ClF5N2O5S. The summed E-state index contributed by atoms with van der Waals surface area (Å²) in [5, 5.41) is 23.2. The van der Waals surface area contributed by atoms with E-state index < -0.39 is 79.8 Å². The summed E-state index contributed by atoms with van der Waals surface area (Å²) in [5.41, 5.74) is -3.72. The molecule has 1 amide bonds. The van der Waals surface area contributed by atoms with Crippen LogP contribution in [-0.4, -0.2) is 40.4 Å². The number of benzene rings is 2. The van der Waals surface area contributed by atoms with Crippen LogP contribution in [0.1, 0.15) is 53.5 Å². The van der Waals surface area contributed by atoms with Gasteiger partial charge in [0.05, 0.1) is 15.2 Å². The molecule has 3 atom stereocenters. The Morgan fingerprint density at radius 3 is 2.27 bits per heavy atom. The van der Waals surface area contributed by atoms with E-state index in [0.717, 1.165) is 36.4 Å². The first-order valence-corrected chi connectivity index (χ1v) is 14.3. The summed E-state index contributed by atoms with van der Waals surface area (Å²) in [6, 6.07) is 7.67. The number of alkyl halides is 2. The van der Waals surface area contributed by atoms with Crippen molar-refractivity contribution in [3.63, 3.8) is 0 Å². The third kappa shape index (κ3) is 5.09. The Balaban J connectivity index is 1.36. The van der Waals surface area contributed by atoms with Crippen molar-refractivity contribution in [3.05, 3.63) is 88.0 Å². The number of amides is 1. The van der Waals surface area contributed by atoms with Crippen molar-refractivity contribution in [3.8, 4) is 0 Å². The van der Waals surface area contributed by atoms with E-state index in [1.54, 1.807) is 0 Å². The molecule has 3 aliphatic carbocycles. The number of hydrogen-bond acceptors (Lipinski definition) is 6. The highest BCUT2D eigenvalue weighted by atomic mass is 35.5. The number of rotatable bonds is 7. The van der Waals surface area contributed by atoms with Crippen LogP contribution in [0.15, 0.2) is 53.4 Å². The second kappa shape index (κ2) is 10.6.